The van der Waals surface area contributed by atoms with Crippen LogP contribution in [0.2, 0.25) is 0 Å². The van der Waals surface area contributed by atoms with Crippen LogP contribution in [0.4, 0.5) is 4.39 Å². The molecule has 4 nitrogen and oxygen atoms in total. The van der Waals surface area contributed by atoms with E-state index in [1.54, 1.807) is 32.9 Å². The number of aryl methyl sites for hydroxylation is 1. The maximum Gasteiger partial charge on any atom is 0.326 e. The molecule has 1 aromatic carbocycles. The minimum absolute atomic E-state index is 0.296. The van der Waals surface area contributed by atoms with Gasteiger partial charge in [-0.15, -0.1) is 0 Å². The van der Waals surface area contributed by atoms with E-state index in [1.165, 1.54) is 6.07 Å². The molecule has 1 rings (SSSR count). The Labute approximate surface area is 125 Å². The molecule has 21 heavy (non-hydrogen) atoms. The second-order valence-corrected chi connectivity index (χ2v) is 5.09. The third kappa shape index (κ3) is 5.01. The minimum atomic E-state index is -0.798. The van der Waals surface area contributed by atoms with Crippen LogP contribution in [0.3, 0.4) is 0 Å². The molecule has 1 N–H and O–H groups in total. The summed E-state index contributed by atoms with van der Waals surface area (Å²) in [6.45, 7) is 8.46. The van der Waals surface area contributed by atoms with Gasteiger partial charge in [-0.25, -0.2) is 4.39 Å². The normalized spacial score (nSPS) is 13.6. The zero-order valence-electron chi connectivity index (χ0n) is 13.2. The highest BCUT2D eigenvalue weighted by Gasteiger charge is 2.33. The molecule has 0 saturated heterocycles. The van der Waals surface area contributed by atoms with Gasteiger partial charge in [0, 0.05) is 12.5 Å². The van der Waals surface area contributed by atoms with Crippen molar-refractivity contribution in [3.8, 4) is 5.75 Å². The standard InChI is InChI=1S/C16H24FNO3/c1-5-18-16(4,15(19)20-6-2)9-10-21-13-8-7-12(3)14(17)11-13/h7-8,11,18H,5-6,9-10H2,1-4H3. The topological polar surface area (TPSA) is 47.6 Å². The quantitative estimate of drug-likeness (QED) is 0.750. The number of rotatable bonds is 8. The van der Waals surface area contributed by atoms with E-state index in [1.807, 2.05) is 6.92 Å². The molecule has 0 bridgehead atoms. The van der Waals surface area contributed by atoms with Gasteiger partial charge in [-0.2, -0.15) is 0 Å². The number of halogens is 1. The van der Waals surface area contributed by atoms with Crippen molar-refractivity contribution in [2.75, 3.05) is 19.8 Å². The highest BCUT2D eigenvalue weighted by atomic mass is 19.1. The lowest BCUT2D eigenvalue weighted by Crippen LogP contribution is -2.51. The van der Waals surface area contributed by atoms with Crippen LogP contribution < -0.4 is 10.1 Å². The molecule has 0 heterocycles. The van der Waals surface area contributed by atoms with Crippen molar-refractivity contribution >= 4 is 5.97 Å². The molecule has 0 amide bonds. The second kappa shape index (κ2) is 7.98. The van der Waals surface area contributed by atoms with E-state index in [0.717, 1.165) is 0 Å². The number of benzene rings is 1. The largest absolute Gasteiger partial charge is 0.493 e. The van der Waals surface area contributed by atoms with Gasteiger partial charge in [-0.1, -0.05) is 13.0 Å². The van der Waals surface area contributed by atoms with Crippen LogP contribution in [0, 0.1) is 12.7 Å². The number of carbonyl (C=O) groups is 1. The fourth-order valence-electron chi connectivity index (χ4n) is 1.98. The zero-order chi connectivity index (χ0) is 15.9. The van der Waals surface area contributed by atoms with E-state index in [9.17, 15) is 9.18 Å². The lowest BCUT2D eigenvalue weighted by atomic mass is 9.98. The highest BCUT2D eigenvalue weighted by Crippen LogP contribution is 2.18. The summed E-state index contributed by atoms with van der Waals surface area (Å²) in [6.07, 6.45) is 0.440. The molecule has 0 radical (unpaired) electrons. The van der Waals surface area contributed by atoms with Gasteiger partial charge in [0.15, 0.2) is 0 Å². The number of esters is 1. The van der Waals surface area contributed by atoms with Gasteiger partial charge in [0.25, 0.3) is 0 Å². The molecular formula is C16H24FNO3. The SMILES string of the molecule is CCNC(C)(CCOc1ccc(C)c(F)c1)C(=O)OCC. The van der Waals surface area contributed by atoms with Crippen molar-refractivity contribution in [2.24, 2.45) is 0 Å². The molecule has 1 aromatic rings. The summed E-state index contributed by atoms with van der Waals surface area (Å²) in [5.41, 5.74) is -0.222. The molecule has 0 aliphatic rings. The molecule has 118 valence electrons. The monoisotopic (exact) mass is 297 g/mol. The van der Waals surface area contributed by atoms with Gasteiger partial charge in [-0.05, 0) is 38.9 Å². The van der Waals surface area contributed by atoms with E-state index in [-0.39, 0.29) is 11.8 Å². The molecule has 0 aliphatic carbocycles. The smallest absolute Gasteiger partial charge is 0.326 e. The molecule has 0 aromatic heterocycles. The molecule has 0 spiro atoms. The van der Waals surface area contributed by atoms with Gasteiger partial charge in [0.2, 0.25) is 0 Å². The summed E-state index contributed by atoms with van der Waals surface area (Å²) < 4.78 is 24.0. The fourth-order valence-corrected chi connectivity index (χ4v) is 1.98. The first-order valence-electron chi connectivity index (χ1n) is 7.24. The van der Waals surface area contributed by atoms with Crippen molar-refractivity contribution in [1.29, 1.82) is 0 Å². The Morgan fingerprint density at radius 2 is 2.10 bits per heavy atom. The van der Waals surface area contributed by atoms with Crippen molar-refractivity contribution in [2.45, 2.75) is 39.7 Å². The third-order valence-corrected chi connectivity index (χ3v) is 3.31. The number of hydrogen-bond acceptors (Lipinski definition) is 4. The average molecular weight is 297 g/mol. The fraction of sp³-hybridized carbons (Fsp3) is 0.562. The predicted molar refractivity (Wildman–Crippen MR) is 80.0 cm³/mol. The van der Waals surface area contributed by atoms with E-state index in [0.29, 0.717) is 37.5 Å². The number of likely N-dealkylation sites (N-methyl/N-ethyl adjacent to an activating group) is 1. The maximum atomic E-state index is 13.4. The van der Waals surface area contributed by atoms with Gasteiger partial charge in [-0.3, -0.25) is 4.79 Å². The van der Waals surface area contributed by atoms with Crippen molar-refractivity contribution < 1.29 is 18.7 Å². The third-order valence-electron chi connectivity index (χ3n) is 3.31. The number of carbonyl (C=O) groups excluding carboxylic acids is 1. The second-order valence-electron chi connectivity index (χ2n) is 5.09. The summed E-state index contributed by atoms with van der Waals surface area (Å²) in [4.78, 5) is 12.0. The maximum absolute atomic E-state index is 13.4. The Morgan fingerprint density at radius 3 is 2.67 bits per heavy atom. The minimum Gasteiger partial charge on any atom is -0.493 e. The van der Waals surface area contributed by atoms with E-state index < -0.39 is 5.54 Å². The first-order valence-corrected chi connectivity index (χ1v) is 7.24. The van der Waals surface area contributed by atoms with Crippen LogP contribution >= 0.6 is 0 Å². The Morgan fingerprint density at radius 1 is 1.38 bits per heavy atom. The number of nitrogens with one attached hydrogen (secondary N) is 1. The van der Waals surface area contributed by atoms with Crippen LogP contribution in [0.5, 0.6) is 5.75 Å². The molecular weight excluding hydrogens is 273 g/mol. The van der Waals surface area contributed by atoms with Crippen LogP contribution in [-0.2, 0) is 9.53 Å². The molecule has 0 saturated carbocycles. The van der Waals surface area contributed by atoms with Crippen molar-refractivity contribution in [3.63, 3.8) is 0 Å². The summed E-state index contributed by atoms with van der Waals surface area (Å²) in [6, 6.07) is 4.73. The van der Waals surface area contributed by atoms with Gasteiger partial charge >= 0.3 is 5.97 Å². The molecule has 1 atom stereocenters. The van der Waals surface area contributed by atoms with Gasteiger partial charge in [0.05, 0.1) is 13.2 Å². The Bertz CT molecular complexity index is 479. The lowest BCUT2D eigenvalue weighted by molar-refractivity contribution is -0.151. The van der Waals surface area contributed by atoms with Crippen molar-refractivity contribution in [3.05, 3.63) is 29.6 Å². The van der Waals surface area contributed by atoms with Crippen molar-refractivity contribution in [1.82, 2.24) is 5.32 Å². The van der Waals surface area contributed by atoms with E-state index in [4.69, 9.17) is 9.47 Å². The van der Waals surface area contributed by atoms with Crippen LogP contribution in [0.25, 0.3) is 0 Å². The summed E-state index contributed by atoms with van der Waals surface area (Å²) in [7, 11) is 0. The first-order chi connectivity index (χ1) is 9.92. The summed E-state index contributed by atoms with van der Waals surface area (Å²) in [5.74, 6) is -0.140. The lowest BCUT2D eigenvalue weighted by Gasteiger charge is -2.28. The van der Waals surface area contributed by atoms with Gasteiger partial charge in [0.1, 0.15) is 17.1 Å². The molecule has 5 heteroatoms. The van der Waals surface area contributed by atoms with Crippen LogP contribution in [-0.4, -0.2) is 31.3 Å². The average Bonchev–Trinajstić information content (AvgIpc) is 2.43. The highest BCUT2D eigenvalue weighted by molar-refractivity contribution is 5.80. The summed E-state index contributed by atoms with van der Waals surface area (Å²) >= 11 is 0. The molecule has 1 unspecified atom stereocenters. The predicted octanol–water partition coefficient (Wildman–Crippen LogP) is 2.83. The van der Waals surface area contributed by atoms with Gasteiger partial charge < -0.3 is 14.8 Å². The van der Waals surface area contributed by atoms with Crippen LogP contribution in [0.1, 0.15) is 32.8 Å². The molecule has 0 aliphatic heterocycles. The zero-order valence-corrected chi connectivity index (χ0v) is 13.2. The number of ether oxygens (including phenoxy) is 2. The van der Waals surface area contributed by atoms with E-state index in [2.05, 4.69) is 5.32 Å². The number of hydrogen-bond donors (Lipinski definition) is 1. The first kappa shape index (κ1) is 17.4. The Balaban J connectivity index is 2.60. The Hall–Kier alpha value is -1.62. The summed E-state index contributed by atoms with van der Waals surface area (Å²) in [5, 5.41) is 3.12. The van der Waals surface area contributed by atoms with E-state index >= 15 is 0 Å². The molecule has 0 fully saturated rings. The van der Waals surface area contributed by atoms with Crippen LogP contribution in [0.15, 0.2) is 18.2 Å². The Kier molecular flexibility index (Phi) is 6.62.